The van der Waals surface area contributed by atoms with Crippen LogP contribution in [0, 0.1) is 0 Å². The Bertz CT molecular complexity index is 1290. The van der Waals surface area contributed by atoms with Gasteiger partial charge in [0.25, 0.3) is 0 Å². The van der Waals surface area contributed by atoms with E-state index in [2.05, 4.69) is 48.7 Å². The van der Waals surface area contributed by atoms with Crippen LogP contribution in [0.3, 0.4) is 0 Å². The van der Waals surface area contributed by atoms with Crippen LogP contribution in [0.5, 0.6) is 11.5 Å². The number of halogens is 1. The molecular formula is C24H16BrN3OS. The molecule has 3 aromatic carbocycles. The lowest BCUT2D eigenvalue weighted by molar-refractivity contribution is 0.483. The zero-order valence-corrected chi connectivity index (χ0v) is 18.2. The molecule has 0 bridgehead atoms. The lowest BCUT2D eigenvalue weighted by Crippen LogP contribution is -1.95. The molecule has 0 saturated carbocycles. The molecular weight excluding hydrogens is 458 g/mol. The number of nitrogens with one attached hydrogen (secondary N) is 1. The van der Waals surface area contributed by atoms with Gasteiger partial charge in [-0.05, 0) is 54.1 Å². The molecule has 0 spiro atoms. The topological polar surface area (TPSA) is 47.0 Å². The standard InChI is InChI=1S/C24H16BrN3OS/c25-17-8-6-16(7-9-17)21-14-30-24-22(21)23(26-15-27-24)28-18-10-12-20(13-11-18)29-19-4-2-1-3-5-19/h1-15H,(H,26,27,28). The smallest absolute Gasteiger partial charge is 0.143 e. The van der Waals surface area contributed by atoms with Gasteiger partial charge < -0.3 is 10.1 Å². The average Bonchev–Trinajstić information content (AvgIpc) is 3.22. The van der Waals surface area contributed by atoms with E-state index in [0.29, 0.717) is 0 Å². The fraction of sp³-hybridized carbons (Fsp3) is 0. The summed E-state index contributed by atoms with van der Waals surface area (Å²) in [7, 11) is 0. The second kappa shape index (κ2) is 8.26. The van der Waals surface area contributed by atoms with Crippen LogP contribution in [-0.4, -0.2) is 9.97 Å². The van der Waals surface area contributed by atoms with Crippen LogP contribution in [0.2, 0.25) is 0 Å². The van der Waals surface area contributed by atoms with Crippen molar-refractivity contribution in [3.8, 4) is 22.6 Å². The first-order valence-electron chi connectivity index (χ1n) is 9.34. The summed E-state index contributed by atoms with van der Waals surface area (Å²) < 4.78 is 6.93. The molecule has 30 heavy (non-hydrogen) atoms. The summed E-state index contributed by atoms with van der Waals surface area (Å²) in [5, 5.41) is 6.59. The van der Waals surface area contributed by atoms with E-state index in [1.165, 1.54) is 0 Å². The molecule has 6 heteroatoms. The van der Waals surface area contributed by atoms with E-state index in [1.54, 1.807) is 17.7 Å². The van der Waals surface area contributed by atoms with Crippen LogP contribution < -0.4 is 10.1 Å². The van der Waals surface area contributed by atoms with Crippen LogP contribution in [0.25, 0.3) is 21.3 Å². The number of ether oxygens (including phenoxy) is 1. The summed E-state index contributed by atoms with van der Waals surface area (Å²) in [5.74, 6) is 2.38. The van der Waals surface area contributed by atoms with Gasteiger partial charge in [0.05, 0.1) is 5.39 Å². The normalized spacial score (nSPS) is 10.8. The molecule has 1 N–H and O–H groups in total. The summed E-state index contributed by atoms with van der Waals surface area (Å²) >= 11 is 5.12. The third-order valence-electron chi connectivity index (χ3n) is 4.62. The van der Waals surface area contributed by atoms with Crippen LogP contribution >= 0.6 is 27.3 Å². The predicted molar refractivity (Wildman–Crippen MR) is 127 cm³/mol. The van der Waals surface area contributed by atoms with E-state index < -0.39 is 0 Å². The minimum Gasteiger partial charge on any atom is -0.457 e. The third-order valence-corrected chi connectivity index (χ3v) is 6.04. The molecule has 0 amide bonds. The Morgan fingerprint density at radius 3 is 2.30 bits per heavy atom. The Kier molecular flexibility index (Phi) is 5.17. The second-order valence-electron chi connectivity index (χ2n) is 6.62. The van der Waals surface area contributed by atoms with Gasteiger partial charge >= 0.3 is 0 Å². The molecule has 2 heterocycles. The van der Waals surface area contributed by atoms with Gasteiger partial charge in [-0.3, -0.25) is 0 Å². The number of fused-ring (bicyclic) bond motifs is 1. The molecule has 0 fully saturated rings. The molecule has 146 valence electrons. The minimum atomic E-state index is 0.783. The van der Waals surface area contributed by atoms with E-state index in [0.717, 1.165) is 48.8 Å². The first kappa shape index (κ1) is 18.8. The highest BCUT2D eigenvalue weighted by atomic mass is 79.9. The molecule has 0 unspecified atom stereocenters. The van der Waals surface area contributed by atoms with Crippen LogP contribution in [0.15, 0.2) is 95.0 Å². The summed E-state index contributed by atoms with van der Waals surface area (Å²) in [6.07, 6.45) is 1.60. The molecule has 0 aliphatic heterocycles. The largest absolute Gasteiger partial charge is 0.457 e. The van der Waals surface area contributed by atoms with Crippen molar-refractivity contribution in [3.05, 3.63) is 95.0 Å². The highest BCUT2D eigenvalue weighted by molar-refractivity contribution is 9.10. The lowest BCUT2D eigenvalue weighted by atomic mass is 10.1. The number of rotatable bonds is 5. The van der Waals surface area contributed by atoms with Crippen molar-refractivity contribution in [1.82, 2.24) is 9.97 Å². The van der Waals surface area contributed by atoms with Crippen molar-refractivity contribution in [2.24, 2.45) is 0 Å². The molecule has 0 aliphatic carbocycles. The monoisotopic (exact) mass is 473 g/mol. The maximum Gasteiger partial charge on any atom is 0.143 e. The van der Waals surface area contributed by atoms with E-state index in [1.807, 2.05) is 66.7 Å². The van der Waals surface area contributed by atoms with E-state index in [-0.39, 0.29) is 0 Å². The van der Waals surface area contributed by atoms with Crippen molar-refractivity contribution in [1.29, 1.82) is 0 Å². The quantitative estimate of drug-likeness (QED) is 0.284. The Hall–Kier alpha value is -3.22. The van der Waals surface area contributed by atoms with Gasteiger partial charge in [0.1, 0.15) is 28.5 Å². The van der Waals surface area contributed by atoms with Crippen molar-refractivity contribution in [2.75, 3.05) is 5.32 Å². The highest BCUT2D eigenvalue weighted by Crippen LogP contribution is 2.38. The Balaban J connectivity index is 1.44. The summed E-state index contributed by atoms with van der Waals surface area (Å²) in [6, 6.07) is 25.9. The Labute approximate surface area is 186 Å². The molecule has 0 saturated heterocycles. The first-order chi connectivity index (χ1) is 14.8. The molecule has 4 nitrogen and oxygen atoms in total. The molecule has 5 rings (SSSR count). The van der Waals surface area contributed by atoms with E-state index in [4.69, 9.17) is 4.74 Å². The summed E-state index contributed by atoms with van der Waals surface area (Å²) in [6.45, 7) is 0. The predicted octanol–water partition coefficient (Wildman–Crippen LogP) is 7.66. The Morgan fingerprint density at radius 1 is 0.800 bits per heavy atom. The van der Waals surface area contributed by atoms with Crippen molar-refractivity contribution < 1.29 is 4.74 Å². The number of aromatic nitrogens is 2. The van der Waals surface area contributed by atoms with Gasteiger partial charge in [-0.15, -0.1) is 11.3 Å². The van der Waals surface area contributed by atoms with Gasteiger partial charge in [0.15, 0.2) is 0 Å². The van der Waals surface area contributed by atoms with Crippen LogP contribution in [0.1, 0.15) is 0 Å². The highest BCUT2D eigenvalue weighted by Gasteiger charge is 2.13. The number of nitrogens with zero attached hydrogens (tertiary/aromatic N) is 2. The fourth-order valence-electron chi connectivity index (χ4n) is 3.18. The lowest BCUT2D eigenvalue weighted by Gasteiger charge is -2.10. The Morgan fingerprint density at radius 2 is 1.53 bits per heavy atom. The summed E-state index contributed by atoms with van der Waals surface area (Å²) in [5.41, 5.74) is 3.19. The molecule has 2 aromatic heterocycles. The van der Waals surface area contributed by atoms with Gasteiger partial charge in [-0.25, -0.2) is 9.97 Å². The zero-order chi connectivity index (χ0) is 20.3. The fourth-order valence-corrected chi connectivity index (χ4v) is 4.36. The number of benzene rings is 3. The molecule has 0 atom stereocenters. The molecule has 0 radical (unpaired) electrons. The number of hydrogen-bond donors (Lipinski definition) is 1. The number of hydrogen-bond acceptors (Lipinski definition) is 5. The average molecular weight is 474 g/mol. The van der Waals surface area contributed by atoms with Crippen molar-refractivity contribution in [3.63, 3.8) is 0 Å². The molecule has 0 aliphatic rings. The summed E-state index contributed by atoms with van der Waals surface area (Å²) in [4.78, 5) is 9.91. The van der Waals surface area contributed by atoms with Gasteiger partial charge in [-0.1, -0.05) is 46.3 Å². The van der Waals surface area contributed by atoms with E-state index in [9.17, 15) is 0 Å². The first-order valence-corrected chi connectivity index (χ1v) is 11.0. The maximum absolute atomic E-state index is 5.87. The zero-order valence-electron chi connectivity index (χ0n) is 15.7. The number of para-hydroxylation sites is 1. The SMILES string of the molecule is Brc1ccc(-c2csc3ncnc(Nc4ccc(Oc5ccccc5)cc4)c23)cc1. The van der Waals surface area contributed by atoms with Crippen molar-refractivity contribution >= 4 is 49.0 Å². The third kappa shape index (κ3) is 3.92. The van der Waals surface area contributed by atoms with Crippen LogP contribution in [-0.2, 0) is 0 Å². The maximum atomic E-state index is 5.87. The second-order valence-corrected chi connectivity index (χ2v) is 8.40. The van der Waals surface area contributed by atoms with Gasteiger partial charge in [-0.2, -0.15) is 0 Å². The van der Waals surface area contributed by atoms with E-state index >= 15 is 0 Å². The van der Waals surface area contributed by atoms with Crippen molar-refractivity contribution in [2.45, 2.75) is 0 Å². The van der Waals surface area contributed by atoms with Crippen LogP contribution in [0.4, 0.5) is 11.5 Å². The number of anilines is 2. The number of thiophene rings is 1. The van der Waals surface area contributed by atoms with Gasteiger partial charge in [0.2, 0.25) is 0 Å². The molecule has 5 aromatic rings. The van der Waals surface area contributed by atoms with Gasteiger partial charge in [0, 0.05) is 21.1 Å². The minimum absolute atomic E-state index is 0.783.